The first kappa shape index (κ1) is 16.5. The Bertz CT molecular complexity index is 467. The van der Waals surface area contributed by atoms with Crippen molar-refractivity contribution in [3.05, 3.63) is 28.8 Å². The van der Waals surface area contributed by atoms with Gasteiger partial charge in [-0.05, 0) is 58.2 Å². The van der Waals surface area contributed by atoms with E-state index in [4.69, 9.17) is 0 Å². The molecule has 0 fully saturated rings. The van der Waals surface area contributed by atoms with Crippen LogP contribution in [0.4, 0.5) is 0 Å². The van der Waals surface area contributed by atoms with Crippen molar-refractivity contribution in [2.24, 2.45) is 0 Å². The number of carbonyl (C=O) groups excluding carboxylic acids is 1. The number of rotatable bonds is 4. The number of hydrogen-bond acceptors (Lipinski definition) is 3. The van der Waals surface area contributed by atoms with Crippen molar-refractivity contribution in [2.75, 3.05) is 0 Å². The van der Waals surface area contributed by atoms with Crippen LogP contribution in [0, 0.1) is 13.8 Å². The molecule has 0 spiro atoms. The second-order valence-electron chi connectivity index (χ2n) is 6.42. The lowest BCUT2D eigenvalue weighted by atomic mass is 10.1. The highest BCUT2D eigenvalue weighted by molar-refractivity contribution is 5.81. The first-order chi connectivity index (χ1) is 9.10. The van der Waals surface area contributed by atoms with E-state index in [0.717, 1.165) is 16.7 Å². The lowest BCUT2D eigenvalue weighted by Crippen LogP contribution is -2.49. The van der Waals surface area contributed by atoms with Gasteiger partial charge in [0.15, 0.2) is 0 Å². The van der Waals surface area contributed by atoms with Crippen LogP contribution in [0.1, 0.15) is 44.4 Å². The number of amides is 1. The van der Waals surface area contributed by atoms with Gasteiger partial charge in [-0.2, -0.15) is 0 Å². The minimum atomic E-state index is -0.261. The Hall–Kier alpha value is -1.55. The molecule has 20 heavy (non-hydrogen) atoms. The van der Waals surface area contributed by atoms with Crippen LogP contribution in [0.2, 0.25) is 0 Å². The van der Waals surface area contributed by atoms with Crippen molar-refractivity contribution in [2.45, 2.75) is 59.7 Å². The average molecular weight is 278 g/mol. The average Bonchev–Trinajstić information content (AvgIpc) is 2.30. The maximum atomic E-state index is 12.0. The number of aromatic hydroxyl groups is 1. The smallest absolute Gasteiger partial charge is 0.237 e. The molecule has 0 aliphatic carbocycles. The summed E-state index contributed by atoms with van der Waals surface area (Å²) in [5.74, 6) is 0.331. The Labute approximate surface area is 121 Å². The van der Waals surface area contributed by atoms with Gasteiger partial charge in [-0.15, -0.1) is 0 Å². The summed E-state index contributed by atoms with van der Waals surface area (Å²) in [4.78, 5) is 12.0. The molecule has 1 aromatic rings. The second-order valence-corrected chi connectivity index (χ2v) is 6.42. The van der Waals surface area contributed by atoms with Crippen molar-refractivity contribution in [3.63, 3.8) is 0 Å². The van der Waals surface area contributed by atoms with Crippen LogP contribution in [0.3, 0.4) is 0 Å². The third-order valence-electron chi connectivity index (χ3n) is 3.05. The van der Waals surface area contributed by atoms with Crippen LogP contribution in [-0.2, 0) is 11.3 Å². The fraction of sp³-hybridized carbons (Fsp3) is 0.562. The predicted molar refractivity (Wildman–Crippen MR) is 81.8 cm³/mol. The first-order valence-electron chi connectivity index (χ1n) is 6.94. The highest BCUT2D eigenvalue weighted by atomic mass is 16.3. The lowest BCUT2D eigenvalue weighted by Gasteiger charge is -2.23. The maximum absolute atomic E-state index is 12.0. The van der Waals surface area contributed by atoms with Gasteiger partial charge in [0.25, 0.3) is 0 Å². The van der Waals surface area contributed by atoms with Crippen molar-refractivity contribution in [1.29, 1.82) is 0 Å². The molecule has 0 heterocycles. The Morgan fingerprint density at radius 3 is 2.20 bits per heavy atom. The van der Waals surface area contributed by atoms with Gasteiger partial charge in [-0.25, -0.2) is 0 Å². The molecule has 1 rings (SSSR count). The molecule has 112 valence electrons. The van der Waals surface area contributed by atoms with Gasteiger partial charge in [-0.1, -0.05) is 12.1 Å². The number of benzene rings is 1. The van der Waals surface area contributed by atoms with E-state index >= 15 is 0 Å². The van der Waals surface area contributed by atoms with Gasteiger partial charge >= 0.3 is 0 Å². The molecule has 0 aliphatic heterocycles. The quantitative estimate of drug-likeness (QED) is 0.792. The van der Waals surface area contributed by atoms with Gasteiger partial charge in [0.1, 0.15) is 5.75 Å². The number of phenolic OH excluding ortho intramolecular Hbond substituents is 1. The molecule has 4 heteroatoms. The lowest BCUT2D eigenvalue weighted by molar-refractivity contribution is -0.124. The van der Waals surface area contributed by atoms with Crippen LogP contribution < -0.4 is 10.6 Å². The molecule has 0 aliphatic rings. The van der Waals surface area contributed by atoms with Crippen LogP contribution in [0.25, 0.3) is 0 Å². The molecule has 1 atom stereocenters. The molecular weight excluding hydrogens is 252 g/mol. The minimum absolute atomic E-state index is 0.00952. The molecule has 0 saturated carbocycles. The Kier molecular flexibility index (Phi) is 5.17. The number of aryl methyl sites for hydroxylation is 2. The van der Waals surface area contributed by atoms with Crippen LogP contribution in [0.5, 0.6) is 5.75 Å². The highest BCUT2D eigenvalue weighted by Gasteiger charge is 2.18. The summed E-state index contributed by atoms with van der Waals surface area (Å²) >= 11 is 0. The predicted octanol–water partition coefficient (Wildman–Crippen LogP) is 2.40. The third kappa shape index (κ3) is 4.85. The van der Waals surface area contributed by atoms with E-state index in [-0.39, 0.29) is 17.5 Å². The van der Waals surface area contributed by atoms with E-state index in [0.29, 0.717) is 12.3 Å². The minimum Gasteiger partial charge on any atom is -0.507 e. The first-order valence-corrected chi connectivity index (χ1v) is 6.94. The number of hydrogen-bond donors (Lipinski definition) is 3. The van der Waals surface area contributed by atoms with Gasteiger partial charge < -0.3 is 15.7 Å². The van der Waals surface area contributed by atoms with Crippen LogP contribution in [-0.4, -0.2) is 22.6 Å². The SMILES string of the molecule is Cc1cc(CNC(C)C(=O)NC(C)(C)C)cc(C)c1O. The molecule has 1 aromatic carbocycles. The van der Waals surface area contributed by atoms with Crippen molar-refractivity contribution >= 4 is 5.91 Å². The Balaban J connectivity index is 2.61. The zero-order valence-corrected chi connectivity index (χ0v) is 13.3. The van der Waals surface area contributed by atoms with Crippen molar-refractivity contribution in [1.82, 2.24) is 10.6 Å². The topological polar surface area (TPSA) is 61.4 Å². The monoisotopic (exact) mass is 278 g/mol. The van der Waals surface area contributed by atoms with Crippen LogP contribution >= 0.6 is 0 Å². The normalized spacial score (nSPS) is 13.1. The fourth-order valence-electron chi connectivity index (χ4n) is 1.99. The van der Waals surface area contributed by atoms with Gasteiger partial charge in [0.2, 0.25) is 5.91 Å². The van der Waals surface area contributed by atoms with E-state index in [1.54, 1.807) is 0 Å². The number of nitrogens with one attached hydrogen (secondary N) is 2. The summed E-state index contributed by atoms with van der Waals surface area (Å²) in [5, 5.41) is 15.9. The molecule has 4 nitrogen and oxygen atoms in total. The van der Waals surface area contributed by atoms with Gasteiger partial charge in [-0.3, -0.25) is 4.79 Å². The number of phenols is 1. The molecule has 0 saturated heterocycles. The summed E-state index contributed by atoms with van der Waals surface area (Å²) in [6.07, 6.45) is 0. The maximum Gasteiger partial charge on any atom is 0.237 e. The van der Waals surface area contributed by atoms with E-state index in [1.165, 1.54) is 0 Å². The molecule has 0 radical (unpaired) electrons. The second kappa shape index (κ2) is 6.27. The Morgan fingerprint density at radius 1 is 1.25 bits per heavy atom. The molecular formula is C16H26N2O2. The van der Waals surface area contributed by atoms with E-state index < -0.39 is 0 Å². The molecule has 0 aromatic heterocycles. The van der Waals surface area contributed by atoms with Crippen molar-refractivity contribution in [3.8, 4) is 5.75 Å². The van der Waals surface area contributed by atoms with Gasteiger partial charge in [0, 0.05) is 12.1 Å². The summed E-state index contributed by atoms with van der Waals surface area (Å²) in [5.41, 5.74) is 2.55. The Morgan fingerprint density at radius 2 is 1.75 bits per heavy atom. The van der Waals surface area contributed by atoms with E-state index in [1.807, 2.05) is 53.7 Å². The van der Waals surface area contributed by atoms with E-state index in [2.05, 4.69) is 10.6 Å². The van der Waals surface area contributed by atoms with Crippen molar-refractivity contribution < 1.29 is 9.90 Å². The summed E-state index contributed by atoms with van der Waals surface area (Å²) in [6, 6.07) is 3.61. The zero-order valence-electron chi connectivity index (χ0n) is 13.3. The summed E-state index contributed by atoms with van der Waals surface area (Å²) in [7, 11) is 0. The molecule has 3 N–H and O–H groups in total. The summed E-state index contributed by atoms with van der Waals surface area (Å²) < 4.78 is 0. The summed E-state index contributed by atoms with van der Waals surface area (Å²) in [6.45, 7) is 12.1. The third-order valence-corrected chi connectivity index (χ3v) is 3.05. The standard InChI is InChI=1S/C16H26N2O2/c1-10-7-13(8-11(2)14(10)19)9-17-12(3)15(20)18-16(4,5)6/h7-8,12,17,19H,9H2,1-6H3,(H,18,20). The van der Waals surface area contributed by atoms with Gasteiger partial charge in [0.05, 0.1) is 6.04 Å². The van der Waals surface area contributed by atoms with E-state index in [9.17, 15) is 9.90 Å². The zero-order chi connectivity index (χ0) is 15.5. The number of carbonyl (C=O) groups is 1. The fourth-order valence-corrected chi connectivity index (χ4v) is 1.99. The van der Waals surface area contributed by atoms with Crippen LogP contribution in [0.15, 0.2) is 12.1 Å². The molecule has 1 amide bonds. The highest BCUT2D eigenvalue weighted by Crippen LogP contribution is 2.22. The molecule has 0 bridgehead atoms. The largest absolute Gasteiger partial charge is 0.507 e. The molecule has 1 unspecified atom stereocenters.